The van der Waals surface area contributed by atoms with E-state index in [1.54, 1.807) is 19.1 Å². The van der Waals surface area contributed by atoms with Crippen LogP contribution in [0.1, 0.15) is 5.56 Å². The fourth-order valence-electron chi connectivity index (χ4n) is 1.28. The summed E-state index contributed by atoms with van der Waals surface area (Å²) in [6, 6.07) is 4.77. The van der Waals surface area contributed by atoms with Gasteiger partial charge in [0.15, 0.2) is 0 Å². The Kier molecular flexibility index (Phi) is 2.28. The Bertz CT molecular complexity index is 557. The first-order valence-electron chi connectivity index (χ1n) is 4.29. The number of aryl methyl sites for hydroxylation is 1. The molecule has 0 spiro atoms. The summed E-state index contributed by atoms with van der Waals surface area (Å²) in [5, 5.41) is 6.28. The Morgan fingerprint density at radius 2 is 2.27 bits per heavy atom. The lowest BCUT2D eigenvalue weighted by Gasteiger charge is -2.04. The monoisotopic (exact) mass is 224 g/mol. The van der Waals surface area contributed by atoms with Crippen LogP contribution in [0.3, 0.4) is 0 Å². The Morgan fingerprint density at radius 3 is 2.80 bits per heavy atom. The molecule has 78 valence electrons. The Morgan fingerprint density at radius 1 is 1.53 bits per heavy atom. The zero-order chi connectivity index (χ0) is 11.0. The minimum atomic E-state index is -0.296. The third-order valence-electron chi connectivity index (χ3n) is 2.11. The van der Waals surface area contributed by atoms with Gasteiger partial charge in [0.2, 0.25) is 10.7 Å². The topological polar surface area (TPSA) is 59.6 Å². The number of aromatic nitrogens is 3. The van der Waals surface area contributed by atoms with Crippen LogP contribution in [-0.2, 0) is 0 Å². The van der Waals surface area contributed by atoms with E-state index in [0.29, 0.717) is 16.0 Å². The SMILES string of the molecule is Cc1ccc(-n2c(N)n[nH]c2=S)cc1F. The highest BCUT2D eigenvalue weighted by Crippen LogP contribution is 2.15. The predicted molar refractivity (Wildman–Crippen MR) is 57.9 cm³/mol. The molecule has 0 saturated heterocycles. The van der Waals surface area contributed by atoms with Crippen molar-refractivity contribution in [2.24, 2.45) is 0 Å². The molecule has 1 aromatic heterocycles. The zero-order valence-electron chi connectivity index (χ0n) is 7.99. The molecule has 0 aliphatic carbocycles. The molecule has 0 fully saturated rings. The summed E-state index contributed by atoms with van der Waals surface area (Å²) in [5.41, 5.74) is 6.73. The van der Waals surface area contributed by atoms with Crippen molar-refractivity contribution in [3.8, 4) is 5.69 Å². The molecule has 0 amide bonds. The van der Waals surface area contributed by atoms with Crippen LogP contribution in [0.5, 0.6) is 0 Å². The Hall–Kier alpha value is -1.69. The number of benzene rings is 1. The number of nitrogens with zero attached hydrogens (tertiary/aromatic N) is 2. The zero-order valence-corrected chi connectivity index (χ0v) is 8.81. The number of nitrogen functional groups attached to an aromatic ring is 1. The van der Waals surface area contributed by atoms with E-state index in [0.717, 1.165) is 0 Å². The summed E-state index contributed by atoms with van der Waals surface area (Å²) in [6.45, 7) is 1.69. The first-order valence-corrected chi connectivity index (χ1v) is 4.70. The van der Waals surface area contributed by atoms with E-state index >= 15 is 0 Å². The Labute approximate surface area is 90.5 Å². The molecule has 3 N–H and O–H groups in total. The van der Waals surface area contributed by atoms with Crippen LogP contribution in [0.2, 0.25) is 0 Å². The highest BCUT2D eigenvalue weighted by Gasteiger charge is 2.06. The minimum absolute atomic E-state index is 0.211. The van der Waals surface area contributed by atoms with Gasteiger partial charge >= 0.3 is 0 Å². The fraction of sp³-hybridized carbons (Fsp3) is 0.111. The van der Waals surface area contributed by atoms with E-state index in [4.69, 9.17) is 18.0 Å². The molecule has 15 heavy (non-hydrogen) atoms. The van der Waals surface area contributed by atoms with Crippen LogP contribution in [-0.4, -0.2) is 14.8 Å². The maximum Gasteiger partial charge on any atom is 0.225 e. The lowest BCUT2D eigenvalue weighted by molar-refractivity contribution is 0.617. The van der Waals surface area contributed by atoms with Crippen molar-refractivity contribution in [3.05, 3.63) is 34.4 Å². The highest BCUT2D eigenvalue weighted by atomic mass is 32.1. The van der Waals surface area contributed by atoms with E-state index in [1.807, 2.05) is 0 Å². The van der Waals surface area contributed by atoms with Gasteiger partial charge in [-0.05, 0) is 36.8 Å². The van der Waals surface area contributed by atoms with Crippen LogP contribution in [0, 0.1) is 17.5 Å². The first-order chi connectivity index (χ1) is 7.09. The van der Waals surface area contributed by atoms with Crippen LogP contribution in [0.15, 0.2) is 18.2 Å². The molecule has 0 aliphatic heterocycles. The number of hydrogen-bond donors (Lipinski definition) is 2. The molecule has 0 radical (unpaired) electrons. The van der Waals surface area contributed by atoms with E-state index in [2.05, 4.69) is 10.2 Å². The molecule has 1 aromatic carbocycles. The number of aromatic amines is 1. The van der Waals surface area contributed by atoms with E-state index < -0.39 is 0 Å². The van der Waals surface area contributed by atoms with Crippen LogP contribution < -0.4 is 5.73 Å². The smallest absolute Gasteiger partial charge is 0.225 e. The van der Waals surface area contributed by atoms with Gasteiger partial charge in [0.1, 0.15) is 5.82 Å². The maximum atomic E-state index is 13.3. The number of anilines is 1. The second-order valence-corrected chi connectivity index (χ2v) is 3.54. The molecule has 0 atom stereocenters. The van der Waals surface area contributed by atoms with Gasteiger partial charge in [-0.25, -0.2) is 9.49 Å². The maximum absolute atomic E-state index is 13.3. The standard InChI is InChI=1S/C9H9FN4S/c1-5-2-3-6(4-7(5)10)14-8(11)12-13-9(14)15/h2-4H,1H3,(H2,11,12)(H,13,15). The number of rotatable bonds is 1. The van der Waals surface area contributed by atoms with E-state index in [-0.39, 0.29) is 11.8 Å². The molecule has 2 rings (SSSR count). The predicted octanol–water partition coefficient (Wildman–Crippen LogP) is 1.96. The van der Waals surface area contributed by atoms with Crippen molar-refractivity contribution < 1.29 is 4.39 Å². The molecular weight excluding hydrogens is 215 g/mol. The molecular formula is C9H9FN4S. The third kappa shape index (κ3) is 1.63. The molecule has 1 heterocycles. The summed E-state index contributed by atoms with van der Waals surface area (Å²) in [7, 11) is 0. The Balaban J connectivity index is 2.65. The van der Waals surface area contributed by atoms with Crippen molar-refractivity contribution in [1.29, 1.82) is 0 Å². The van der Waals surface area contributed by atoms with E-state index in [9.17, 15) is 4.39 Å². The van der Waals surface area contributed by atoms with Crippen LogP contribution in [0.4, 0.5) is 10.3 Å². The number of nitrogens with one attached hydrogen (secondary N) is 1. The average molecular weight is 224 g/mol. The number of halogens is 1. The summed E-state index contributed by atoms with van der Waals surface area (Å²) >= 11 is 4.97. The molecule has 0 unspecified atom stereocenters. The van der Waals surface area contributed by atoms with Crippen molar-refractivity contribution in [3.63, 3.8) is 0 Å². The fourth-order valence-corrected chi connectivity index (χ4v) is 1.52. The van der Waals surface area contributed by atoms with Gasteiger partial charge in [-0.15, -0.1) is 5.10 Å². The second kappa shape index (κ2) is 3.47. The normalized spacial score (nSPS) is 10.5. The summed E-state index contributed by atoms with van der Waals surface area (Å²) < 4.78 is 15.1. The van der Waals surface area contributed by atoms with Gasteiger partial charge in [0, 0.05) is 0 Å². The number of hydrogen-bond acceptors (Lipinski definition) is 3. The van der Waals surface area contributed by atoms with Crippen molar-refractivity contribution >= 4 is 18.2 Å². The van der Waals surface area contributed by atoms with Crippen LogP contribution >= 0.6 is 12.2 Å². The largest absolute Gasteiger partial charge is 0.368 e. The van der Waals surface area contributed by atoms with Gasteiger partial charge in [-0.3, -0.25) is 4.57 Å². The molecule has 6 heteroatoms. The highest BCUT2D eigenvalue weighted by molar-refractivity contribution is 7.71. The van der Waals surface area contributed by atoms with Crippen molar-refractivity contribution in [1.82, 2.24) is 14.8 Å². The second-order valence-electron chi connectivity index (χ2n) is 3.16. The van der Waals surface area contributed by atoms with Crippen molar-refractivity contribution in [2.45, 2.75) is 6.92 Å². The minimum Gasteiger partial charge on any atom is -0.368 e. The van der Waals surface area contributed by atoms with Gasteiger partial charge in [-0.1, -0.05) is 6.07 Å². The lowest BCUT2D eigenvalue weighted by atomic mass is 10.2. The first kappa shape index (κ1) is 9.85. The quantitative estimate of drug-likeness (QED) is 0.728. The summed E-state index contributed by atoms with van der Waals surface area (Å²) in [6.07, 6.45) is 0. The van der Waals surface area contributed by atoms with Crippen molar-refractivity contribution in [2.75, 3.05) is 5.73 Å². The molecule has 0 saturated carbocycles. The van der Waals surface area contributed by atoms with Crippen LogP contribution in [0.25, 0.3) is 5.69 Å². The average Bonchev–Trinajstić information content (AvgIpc) is 2.52. The summed E-state index contributed by atoms with van der Waals surface area (Å²) in [5.74, 6) is -0.0850. The molecule has 4 nitrogen and oxygen atoms in total. The van der Waals surface area contributed by atoms with Gasteiger partial charge in [0.25, 0.3) is 0 Å². The number of nitrogens with two attached hydrogens (primary N) is 1. The van der Waals surface area contributed by atoms with Gasteiger partial charge < -0.3 is 5.73 Å². The number of H-pyrrole nitrogens is 1. The van der Waals surface area contributed by atoms with Gasteiger partial charge in [-0.2, -0.15) is 0 Å². The lowest BCUT2D eigenvalue weighted by Crippen LogP contribution is -2.01. The molecule has 0 bridgehead atoms. The molecule has 2 aromatic rings. The van der Waals surface area contributed by atoms with Gasteiger partial charge in [0.05, 0.1) is 5.69 Å². The summed E-state index contributed by atoms with van der Waals surface area (Å²) in [4.78, 5) is 0. The third-order valence-corrected chi connectivity index (χ3v) is 2.39. The molecule has 0 aliphatic rings. The van der Waals surface area contributed by atoms with E-state index in [1.165, 1.54) is 10.6 Å².